The number of nitrogens with zero attached hydrogens (tertiary/aromatic N) is 2. The number of hydrogen-bond donors (Lipinski definition) is 1. The van der Waals surface area contributed by atoms with E-state index in [1.807, 2.05) is 0 Å². The molecule has 0 saturated heterocycles. The molecule has 0 saturated carbocycles. The lowest BCUT2D eigenvalue weighted by atomic mass is 10.2. The Bertz CT molecular complexity index is 729. The standard InChI is InChI=1S/C12H7BrClN3O4/c13-11-4-3-10(21-11)12(18)16-15-6-7-1-2-9(17(19)20)8(14)5-7/h1-6H,(H,16,18). The average molecular weight is 373 g/mol. The molecule has 0 unspecified atom stereocenters. The molecular formula is C12H7BrClN3O4. The zero-order chi connectivity index (χ0) is 15.4. The SMILES string of the molecule is O=C(NN=Cc1ccc([N+](=O)[O-])c(Cl)c1)c1ccc(Br)o1. The van der Waals surface area contributed by atoms with Gasteiger partial charge in [-0.15, -0.1) is 0 Å². The monoisotopic (exact) mass is 371 g/mol. The highest BCUT2D eigenvalue weighted by Crippen LogP contribution is 2.24. The van der Waals surface area contributed by atoms with E-state index in [0.717, 1.165) is 0 Å². The Hall–Kier alpha value is -2.19. The number of rotatable bonds is 4. The van der Waals surface area contributed by atoms with E-state index in [9.17, 15) is 14.9 Å². The second-order valence-corrected chi connectivity index (χ2v) is 4.96. The number of nitro groups is 1. The van der Waals surface area contributed by atoms with Crippen molar-refractivity contribution in [3.8, 4) is 0 Å². The number of amides is 1. The molecule has 7 nitrogen and oxygen atoms in total. The van der Waals surface area contributed by atoms with Crippen LogP contribution in [0, 0.1) is 10.1 Å². The number of halogens is 2. The molecule has 0 fully saturated rings. The average Bonchev–Trinajstić information content (AvgIpc) is 2.85. The predicted octanol–water partition coefficient (Wildman–Crippen LogP) is 3.37. The maximum absolute atomic E-state index is 11.6. The Balaban J connectivity index is 2.03. The van der Waals surface area contributed by atoms with Gasteiger partial charge in [-0.2, -0.15) is 5.10 Å². The van der Waals surface area contributed by atoms with Crippen molar-refractivity contribution in [3.05, 3.63) is 61.5 Å². The molecule has 21 heavy (non-hydrogen) atoms. The summed E-state index contributed by atoms with van der Waals surface area (Å²) in [4.78, 5) is 21.6. The fraction of sp³-hybridized carbons (Fsp3) is 0. The molecule has 0 spiro atoms. The van der Waals surface area contributed by atoms with E-state index in [2.05, 4.69) is 26.5 Å². The zero-order valence-corrected chi connectivity index (χ0v) is 12.6. The van der Waals surface area contributed by atoms with Gasteiger partial charge in [0.1, 0.15) is 5.02 Å². The Morgan fingerprint density at radius 3 is 2.76 bits per heavy atom. The fourth-order valence-electron chi connectivity index (χ4n) is 1.41. The number of nitro benzene ring substituents is 1. The Labute approximate surface area is 131 Å². The van der Waals surface area contributed by atoms with Crippen LogP contribution in [0.2, 0.25) is 5.02 Å². The first-order chi connectivity index (χ1) is 9.97. The van der Waals surface area contributed by atoms with Gasteiger partial charge >= 0.3 is 5.91 Å². The summed E-state index contributed by atoms with van der Waals surface area (Å²) < 4.78 is 5.47. The Morgan fingerprint density at radius 2 is 2.19 bits per heavy atom. The maximum atomic E-state index is 11.6. The third kappa shape index (κ3) is 3.89. The number of benzene rings is 1. The van der Waals surface area contributed by atoms with Crippen LogP contribution in [0.5, 0.6) is 0 Å². The Kier molecular flexibility index (Phi) is 4.71. The maximum Gasteiger partial charge on any atom is 0.307 e. The van der Waals surface area contributed by atoms with Crippen molar-refractivity contribution in [1.29, 1.82) is 0 Å². The van der Waals surface area contributed by atoms with Crippen LogP contribution in [0.1, 0.15) is 16.1 Å². The van der Waals surface area contributed by atoms with Gasteiger partial charge in [0.2, 0.25) is 0 Å². The van der Waals surface area contributed by atoms with Crippen molar-refractivity contribution in [2.45, 2.75) is 0 Å². The lowest BCUT2D eigenvalue weighted by molar-refractivity contribution is -0.384. The first kappa shape index (κ1) is 15.2. The highest BCUT2D eigenvalue weighted by atomic mass is 79.9. The van der Waals surface area contributed by atoms with Gasteiger partial charge in [0, 0.05) is 6.07 Å². The molecule has 2 aromatic rings. The van der Waals surface area contributed by atoms with Crippen molar-refractivity contribution in [1.82, 2.24) is 5.43 Å². The van der Waals surface area contributed by atoms with Gasteiger partial charge in [-0.1, -0.05) is 11.6 Å². The number of nitrogens with one attached hydrogen (secondary N) is 1. The summed E-state index contributed by atoms with van der Waals surface area (Å²) in [6.07, 6.45) is 1.31. The van der Waals surface area contributed by atoms with E-state index in [0.29, 0.717) is 10.2 Å². The molecule has 9 heteroatoms. The second kappa shape index (κ2) is 6.51. The highest BCUT2D eigenvalue weighted by molar-refractivity contribution is 9.10. The molecule has 0 aliphatic rings. The minimum absolute atomic E-state index is 0.00904. The third-order valence-electron chi connectivity index (χ3n) is 2.35. The number of furan rings is 1. The van der Waals surface area contributed by atoms with Gasteiger partial charge in [0.25, 0.3) is 5.69 Å². The minimum Gasteiger partial charge on any atom is -0.444 e. The third-order valence-corrected chi connectivity index (χ3v) is 3.07. The van der Waals surface area contributed by atoms with Gasteiger partial charge in [0.15, 0.2) is 10.4 Å². The van der Waals surface area contributed by atoms with Gasteiger partial charge < -0.3 is 4.42 Å². The van der Waals surface area contributed by atoms with Gasteiger partial charge in [-0.05, 0) is 45.8 Å². The lowest BCUT2D eigenvalue weighted by Crippen LogP contribution is -2.16. The molecule has 2 rings (SSSR count). The number of hydrazone groups is 1. The molecule has 1 heterocycles. The minimum atomic E-state index is -0.584. The molecular weight excluding hydrogens is 366 g/mol. The van der Waals surface area contributed by atoms with Crippen molar-refractivity contribution >= 4 is 45.3 Å². The highest BCUT2D eigenvalue weighted by Gasteiger charge is 2.11. The van der Waals surface area contributed by atoms with Crippen LogP contribution in [-0.2, 0) is 0 Å². The van der Waals surface area contributed by atoms with E-state index >= 15 is 0 Å². The van der Waals surface area contributed by atoms with E-state index in [-0.39, 0.29) is 16.5 Å². The van der Waals surface area contributed by atoms with Crippen LogP contribution in [0.15, 0.2) is 44.5 Å². The quantitative estimate of drug-likeness (QED) is 0.505. The van der Waals surface area contributed by atoms with Gasteiger partial charge in [-0.3, -0.25) is 14.9 Å². The van der Waals surface area contributed by atoms with Crippen LogP contribution < -0.4 is 5.43 Å². The molecule has 1 N–H and O–H groups in total. The van der Waals surface area contributed by atoms with Gasteiger partial charge in [-0.25, -0.2) is 5.43 Å². The van der Waals surface area contributed by atoms with Crippen molar-refractivity contribution < 1.29 is 14.1 Å². The number of carbonyl (C=O) groups is 1. The molecule has 1 aromatic carbocycles. The number of hydrogen-bond acceptors (Lipinski definition) is 5. The normalized spacial score (nSPS) is 10.8. The van der Waals surface area contributed by atoms with Crippen LogP contribution in [-0.4, -0.2) is 17.0 Å². The molecule has 108 valence electrons. The summed E-state index contributed by atoms with van der Waals surface area (Å²) >= 11 is 8.83. The van der Waals surface area contributed by atoms with Crippen LogP contribution in [0.25, 0.3) is 0 Å². The van der Waals surface area contributed by atoms with Crippen LogP contribution >= 0.6 is 27.5 Å². The van der Waals surface area contributed by atoms with E-state index in [4.69, 9.17) is 16.0 Å². The summed E-state index contributed by atoms with van der Waals surface area (Å²) in [5.74, 6) is -0.425. The fourth-order valence-corrected chi connectivity index (χ4v) is 1.97. The van der Waals surface area contributed by atoms with E-state index < -0.39 is 10.8 Å². The van der Waals surface area contributed by atoms with Crippen molar-refractivity contribution in [2.24, 2.45) is 5.10 Å². The van der Waals surface area contributed by atoms with E-state index in [1.54, 1.807) is 6.07 Å². The topological polar surface area (TPSA) is 97.7 Å². The summed E-state index contributed by atoms with van der Waals surface area (Å²) in [6, 6.07) is 7.16. The molecule has 0 aliphatic carbocycles. The molecule has 0 bridgehead atoms. The molecule has 1 aromatic heterocycles. The first-order valence-corrected chi connectivity index (χ1v) is 6.67. The smallest absolute Gasteiger partial charge is 0.307 e. The zero-order valence-electron chi connectivity index (χ0n) is 10.2. The largest absolute Gasteiger partial charge is 0.444 e. The molecule has 1 amide bonds. The summed E-state index contributed by atoms with van der Waals surface area (Å²) in [6.45, 7) is 0. The van der Waals surface area contributed by atoms with Gasteiger partial charge in [0.05, 0.1) is 11.1 Å². The molecule has 0 atom stereocenters. The van der Waals surface area contributed by atoms with Crippen LogP contribution in [0.4, 0.5) is 5.69 Å². The molecule has 0 aliphatic heterocycles. The predicted molar refractivity (Wildman–Crippen MR) is 79.6 cm³/mol. The lowest BCUT2D eigenvalue weighted by Gasteiger charge is -1.98. The van der Waals surface area contributed by atoms with Crippen molar-refractivity contribution in [3.63, 3.8) is 0 Å². The first-order valence-electron chi connectivity index (χ1n) is 5.50. The molecule has 0 radical (unpaired) electrons. The summed E-state index contributed by atoms with van der Waals surface area (Å²) in [5.41, 5.74) is 2.57. The Morgan fingerprint density at radius 1 is 1.43 bits per heavy atom. The summed E-state index contributed by atoms with van der Waals surface area (Å²) in [7, 11) is 0. The second-order valence-electron chi connectivity index (χ2n) is 3.77. The number of carbonyl (C=O) groups excluding carboxylic acids is 1. The van der Waals surface area contributed by atoms with Crippen molar-refractivity contribution in [2.75, 3.05) is 0 Å². The van der Waals surface area contributed by atoms with E-state index in [1.165, 1.54) is 30.5 Å². The van der Waals surface area contributed by atoms with Crippen LogP contribution in [0.3, 0.4) is 0 Å². The summed E-state index contributed by atoms with van der Waals surface area (Å²) in [5, 5.41) is 14.3.